The number of carbonyl (C=O) groups is 1. The van der Waals surface area contributed by atoms with Crippen LogP contribution in [-0.2, 0) is 17.8 Å². The second kappa shape index (κ2) is 6.70. The lowest BCUT2D eigenvalue weighted by Crippen LogP contribution is -2.40. The van der Waals surface area contributed by atoms with Crippen molar-refractivity contribution in [2.24, 2.45) is 0 Å². The molecular formula is C22H20N6O. The molecule has 1 aliphatic rings. The number of para-hydroxylation sites is 1. The van der Waals surface area contributed by atoms with E-state index in [1.54, 1.807) is 0 Å². The highest BCUT2D eigenvalue weighted by Gasteiger charge is 2.28. The Labute approximate surface area is 167 Å². The zero-order valence-corrected chi connectivity index (χ0v) is 15.8. The second-order valence-corrected chi connectivity index (χ2v) is 7.25. The van der Waals surface area contributed by atoms with E-state index in [2.05, 4.69) is 43.5 Å². The molecule has 0 fully saturated rings. The molecule has 5 rings (SSSR count). The van der Waals surface area contributed by atoms with Crippen LogP contribution in [0.1, 0.15) is 12.1 Å². The van der Waals surface area contributed by atoms with Crippen molar-refractivity contribution in [2.45, 2.75) is 25.4 Å². The first-order valence-electron chi connectivity index (χ1n) is 9.55. The number of fused-ring (bicyclic) bond motifs is 4. The molecule has 0 radical (unpaired) electrons. The Kier molecular flexibility index (Phi) is 4.01. The zero-order valence-electron chi connectivity index (χ0n) is 15.8. The van der Waals surface area contributed by atoms with E-state index in [0.29, 0.717) is 12.4 Å². The van der Waals surface area contributed by atoms with Crippen molar-refractivity contribution in [2.75, 3.05) is 5.73 Å². The number of pyridine rings is 1. The van der Waals surface area contributed by atoms with Gasteiger partial charge in [0.05, 0.1) is 10.9 Å². The summed E-state index contributed by atoms with van der Waals surface area (Å²) in [6.45, 7) is 4.17. The highest BCUT2D eigenvalue weighted by Crippen LogP contribution is 2.39. The van der Waals surface area contributed by atoms with Gasteiger partial charge in [-0.05, 0) is 31.1 Å². The third kappa shape index (κ3) is 2.82. The van der Waals surface area contributed by atoms with Crippen LogP contribution in [0.4, 0.5) is 5.82 Å². The third-order valence-corrected chi connectivity index (χ3v) is 5.52. The summed E-state index contributed by atoms with van der Waals surface area (Å²) >= 11 is 0. The van der Waals surface area contributed by atoms with Crippen molar-refractivity contribution in [3.63, 3.8) is 0 Å². The number of hydrogen-bond donors (Lipinski definition) is 2. The van der Waals surface area contributed by atoms with E-state index in [1.165, 1.54) is 12.4 Å². The van der Waals surface area contributed by atoms with Crippen LogP contribution in [0.15, 0.2) is 55.5 Å². The average molecular weight is 384 g/mol. The van der Waals surface area contributed by atoms with Crippen molar-refractivity contribution in [1.82, 2.24) is 24.8 Å². The first kappa shape index (κ1) is 17.4. The SMILES string of the molecule is C=CC(=O)N[C@H]1CCc2c(-c3cnc4ccccc4c3)c3c(N)ncnc3n2C1. The largest absolute Gasteiger partial charge is 0.383 e. The molecule has 0 spiro atoms. The van der Waals surface area contributed by atoms with E-state index in [0.717, 1.165) is 51.6 Å². The molecule has 1 aliphatic heterocycles. The molecule has 3 aromatic heterocycles. The number of nitrogens with zero attached hydrogens (tertiary/aromatic N) is 4. The summed E-state index contributed by atoms with van der Waals surface area (Å²) in [5.74, 6) is 0.287. The number of hydrogen-bond acceptors (Lipinski definition) is 5. The predicted octanol–water partition coefficient (Wildman–Crippen LogP) is 2.85. The highest BCUT2D eigenvalue weighted by molar-refractivity contribution is 6.03. The van der Waals surface area contributed by atoms with Crippen LogP contribution in [0.3, 0.4) is 0 Å². The van der Waals surface area contributed by atoms with Crippen molar-refractivity contribution in [3.05, 3.63) is 61.2 Å². The van der Waals surface area contributed by atoms with Gasteiger partial charge in [-0.15, -0.1) is 0 Å². The Balaban J connectivity index is 1.70. The van der Waals surface area contributed by atoms with E-state index in [4.69, 9.17) is 5.73 Å². The molecule has 3 N–H and O–H groups in total. The van der Waals surface area contributed by atoms with Crippen molar-refractivity contribution in [3.8, 4) is 11.1 Å². The van der Waals surface area contributed by atoms with Gasteiger partial charge in [0.15, 0.2) is 0 Å². The van der Waals surface area contributed by atoms with E-state index in [9.17, 15) is 4.79 Å². The minimum Gasteiger partial charge on any atom is -0.383 e. The van der Waals surface area contributed by atoms with Crippen LogP contribution in [0, 0.1) is 0 Å². The number of amides is 1. The zero-order chi connectivity index (χ0) is 20.0. The predicted molar refractivity (Wildman–Crippen MR) is 113 cm³/mol. The molecule has 0 aliphatic carbocycles. The van der Waals surface area contributed by atoms with Crippen LogP contribution in [0.5, 0.6) is 0 Å². The maximum atomic E-state index is 11.8. The van der Waals surface area contributed by atoms with Crippen LogP contribution in [0.2, 0.25) is 0 Å². The number of nitrogens with one attached hydrogen (secondary N) is 1. The Morgan fingerprint density at radius 2 is 2.14 bits per heavy atom. The van der Waals surface area contributed by atoms with Crippen LogP contribution in [0.25, 0.3) is 33.1 Å². The minimum absolute atomic E-state index is 0.0161. The van der Waals surface area contributed by atoms with Gasteiger partial charge >= 0.3 is 0 Å². The van der Waals surface area contributed by atoms with E-state index in [-0.39, 0.29) is 11.9 Å². The highest BCUT2D eigenvalue weighted by atomic mass is 16.1. The molecule has 1 atom stereocenters. The summed E-state index contributed by atoms with van der Waals surface area (Å²) in [4.78, 5) is 25.1. The lowest BCUT2D eigenvalue weighted by atomic mass is 9.97. The van der Waals surface area contributed by atoms with E-state index in [1.807, 2.05) is 24.4 Å². The molecule has 4 aromatic rings. The number of rotatable bonds is 3. The van der Waals surface area contributed by atoms with Gasteiger partial charge in [-0.3, -0.25) is 9.78 Å². The van der Waals surface area contributed by atoms with E-state index >= 15 is 0 Å². The maximum Gasteiger partial charge on any atom is 0.243 e. The summed E-state index contributed by atoms with van der Waals surface area (Å²) in [5, 5.41) is 4.91. The Bertz CT molecular complexity index is 1280. The fourth-order valence-electron chi connectivity index (χ4n) is 4.22. The molecular weight excluding hydrogens is 364 g/mol. The second-order valence-electron chi connectivity index (χ2n) is 7.25. The van der Waals surface area contributed by atoms with Gasteiger partial charge in [0.1, 0.15) is 17.8 Å². The van der Waals surface area contributed by atoms with Gasteiger partial charge in [-0.25, -0.2) is 9.97 Å². The Hall–Kier alpha value is -3.74. The standard InChI is InChI=1S/C22H20N6O/c1-2-18(29)27-15-7-8-17-19(14-9-13-5-3-4-6-16(13)24-10-14)20-21(23)25-12-26-22(20)28(17)11-15/h2-6,9-10,12,15H,1,7-8,11H2,(H,27,29)(H2,23,25,26)/t15-/m0/s1. The number of benzene rings is 1. The topological polar surface area (TPSA) is 98.7 Å². The number of nitrogen functional groups attached to an aromatic ring is 1. The number of aromatic nitrogens is 4. The molecule has 0 saturated heterocycles. The normalized spacial score (nSPS) is 15.9. The smallest absolute Gasteiger partial charge is 0.243 e. The molecule has 1 amide bonds. The van der Waals surface area contributed by atoms with Gasteiger partial charge < -0.3 is 15.6 Å². The first-order valence-corrected chi connectivity index (χ1v) is 9.55. The van der Waals surface area contributed by atoms with Crippen molar-refractivity contribution < 1.29 is 4.79 Å². The number of carbonyl (C=O) groups excluding carboxylic acids is 1. The summed E-state index contributed by atoms with van der Waals surface area (Å²) in [7, 11) is 0. The lowest BCUT2D eigenvalue weighted by Gasteiger charge is -2.26. The quantitative estimate of drug-likeness (QED) is 0.529. The fraction of sp³-hybridized carbons (Fsp3) is 0.182. The fourth-order valence-corrected chi connectivity index (χ4v) is 4.22. The van der Waals surface area contributed by atoms with Crippen molar-refractivity contribution >= 4 is 33.7 Å². The molecule has 0 bridgehead atoms. The molecule has 144 valence electrons. The number of nitrogens with two attached hydrogens (primary N) is 1. The van der Waals surface area contributed by atoms with Gasteiger partial charge in [0.25, 0.3) is 0 Å². The van der Waals surface area contributed by atoms with Gasteiger partial charge in [0.2, 0.25) is 5.91 Å². The summed E-state index contributed by atoms with van der Waals surface area (Å²) < 4.78 is 2.15. The third-order valence-electron chi connectivity index (χ3n) is 5.52. The van der Waals surface area contributed by atoms with E-state index < -0.39 is 0 Å². The molecule has 4 heterocycles. The summed E-state index contributed by atoms with van der Waals surface area (Å²) in [6.07, 6.45) is 6.29. The Morgan fingerprint density at radius 3 is 3.00 bits per heavy atom. The molecule has 7 heteroatoms. The molecule has 29 heavy (non-hydrogen) atoms. The molecule has 0 unspecified atom stereocenters. The van der Waals surface area contributed by atoms with Gasteiger partial charge in [-0.2, -0.15) is 0 Å². The van der Waals surface area contributed by atoms with Gasteiger partial charge in [-0.1, -0.05) is 24.8 Å². The molecule has 1 aromatic carbocycles. The summed E-state index contributed by atoms with van der Waals surface area (Å²) in [5.41, 5.74) is 11.2. The molecule has 7 nitrogen and oxygen atoms in total. The van der Waals surface area contributed by atoms with Crippen LogP contribution < -0.4 is 11.1 Å². The van der Waals surface area contributed by atoms with Crippen LogP contribution >= 0.6 is 0 Å². The van der Waals surface area contributed by atoms with Crippen molar-refractivity contribution in [1.29, 1.82) is 0 Å². The molecule has 0 saturated carbocycles. The minimum atomic E-state index is -0.164. The monoisotopic (exact) mass is 384 g/mol. The summed E-state index contributed by atoms with van der Waals surface area (Å²) in [6, 6.07) is 10.2. The van der Waals surface area contributed by atoms with Gasteiger partial charge in [0, 0.05) is 41.0 Å². The van der Waals surface area contributed by atoms with Crippen LogP contribution in [-0.4, -0.2) is 31.5 Å². The number of anilines is 1. The first-order chi connectivity index (χ1) is 14.2. The maximum absolute atomic E-state index is 11.8. The lowest BCUT2D eigenvalue weighted by molar-refractivity contribution is -0.117. The Morgan fingerprint density at radius 1 is 1.28 bits per heavy atom. The average Bonchev–Trinajstić information content (AvgIpc) is 3.08.